The highest BCUT2D eigenvalue weighted by Gasteiger charge is 2.27. The Morgan fingerprint density at radius 1 is 1.21 bits per heavy atom. The average Bonchev–Trinajstić information content (AvgIpc) is 2.71. The number of benzene rings is 1. The van der Waals surface area contributed by atoms with Gasteiger partial charge in [0.05, 0.1) is 0 Å². The van der Waals surface area contributed by atoms with E-state index in [4.69, 9.17) is 0 Å². The third-order valence-electron chi connectivity index (χ3n) is 6.25. The van der Waals surface area contributed by atoms with Crippen LogP contribution in [0.25, 0.3) is 0 Å². The van der Waals surface area contributed by atoms with Crippen LogP contribution in [0.3, 0.4) is 0 Å². The van der Waals surface area contributed by atoms with Crippen LogP contribution < -0.4 is 5.32 Å². The SMILES string of the molecule is CCC(c1ccc(F)cc1F)N1CCN(C(=NC)NCC2CCCN(C)C2)CC1. The Kier molecular flexibility index (Phi) is 7.84. The molecule has 1 N–H and O–H groups in total. The molecule has 0 amide bonds. The van der Waals surface area contributed by atoms with E-state index in [1.54, 1.807) is 6.07 Å². The first kappa shape index (κ1) is 22.0. The van der Waals surface area contributed by atoms with Crippen molar-refractivity contribution in [2.24, 2.45) is 10.9 Å². The molecule has 1 aromatic carbocycles. The minimum Gasteiger partial charge on any atom is -0.356 e. The lowest BCUT2D eigenvalue weighted by Gasteiger charge is -2.40. The Morgan fingerprint density at radius 2 is 1.97 bits per heavy atom. The van der Waals surface area contributed by atoms with Crippen molar-refractivity contribution in [1.82, 2.24) is 20.0 Å². The monoisotopic (exact) mass is 407 g/mol. The number of aliphatic imine (C=N–C) groups is 1. The molecule has 2 atom stereocenters. The molecule has 2 unspecified atom stereocenters. The molecule has 2 aliphatic heterocycles. The number of hydrogen-bond acceptors (Lipinski definition) is 3. The molecule has 0 saturated carbocycles. The molecule has 0 aliphatic carbocycles. The summed E-state index contributed by atoms with van der Waals surface area (Å²) in [7, 11) is 4.03. The van der Waals surface area contributed by atoms with Crippen LogP contribution in [0.1, 0.15) is 37.8 Å². The number of halogens is 2. The average molecular weight is 408 g/mol. The highest BCUT2D eigenvalue weighted by atomic mass is 19.1. The van der Waals surface area contributed by atoms with Crippen LogP contribution in [0.15, 0.2) is 23.2 Å². The largest absolute Gasteiger partial charge is 0.356 e. The molecule has 2 heterocycles. The molecule has 2 aliphatic rings. The first-order valence-electron chi connectivity index (χ1n) is 10.8. The van der Waals surface area contributed by atoms with Gasteiger partial charge in [0.25, 0.3) is 0 Å². The first-order valence-corrected chi connectivity index (χ1v) is 10.8. The Morgan fingerprint density at radius 3 is 2.59 bits per heavy atom. The highest BCUT2D eigenvalue weighted by molar-refractivity contribution is 5.80. The van der Waals surface area contributed by atoms with Gasteiger partial charge in [-0.1, -0.05) is 13.0 Å². The number of piperazine rings is 1. The van der Waals surface area contributed by atoms with Crippen molar-refractivity contribution in [1.29, 1.82) is 0 Å². The third kappa shape index (κ3) is 5.66. The molecule has 0 spiro atoms. The highest BCUT2D eigenvalue weighted by Crippen LogP contribution is 2.28. The summed E-state index contributed by atoms with van der Waals surface area (Å²) in [5.74, 6) is 0.649. The molecule has 29 heavy (non-hydrogen) atoms. The molecule has 0 bridgehead atoms. The van der Waals surface area contributed by atoms with E-state index < -0.39 is 11.6 Å². The van der Waals surface area contributed by atoms with Gasteiger partial charge in [0.2, 0.25) is 0 Å². The molecule has 3 rings (SSSR count). The lowest BCUT2D eigenvalue weighted by atomic mass is 9.98. The van der Waals surface area contributed by atoms with E-state index in [0.717, 1.165) is 57.7 Å². The normalized spacial score (nSPS) is 23.3. The summed E-state index contributed by atoms with van der Waals surface area (Å²) in [5, 5.41) is 3.56. The van der Waals surface area contributed by atoms with Crippen LogP contribution in [-0.2, 0) is 0 Å². The van der Waals surface area contributed by atoms with Gasteiger partial charge in [-0.15, -0.1) is 0 Å². The summed E-state index contributed by atoms with van der Waals surface area (Å²) >= 11 is 0. The number of nitrogens with zero attached hydrogens (tertiary/aromatic N) is 4. The predicted octanol–water partition coefficient (Wildman–Crippen LogP) is 2.95. The Labute approximate surface area is 173 Å². The second-order valence-corrected chi connectivity index (χ2v) is 8.31. The van der Waals surface area contributed by atoms with E-state index >= 15 is 0 Å². The Balaban J connectivity index is 1.54. The summed E-state index contributed by atoms with van der Waals surface area (Å²) in [6, 6.07) is 3.91. The van der Waals surface area contributed by atoms with Crippen LogP contribution in [0.2, 0.25) is 0 Å². The van der Waals surface area contributed by atoms with E-state index in [0.29, 0.717) is 11.5 Å². The molecule has 7 heteroatoms. The number of nitrogens with one attached hydrogen (secondary N) is 1. The number of hydrogen-bond donors (Lipinski definition) is 1. The smallest absolute Gasteiger partial charge is 0.193 e. The number of likely N-dealkylation sites (tertiary alicyclic amines) is 1. The Bertz CT molecular complexity index is 688. The first-order chi connectivity index (χ1) is 14.0. The van der Waals surface area contributed by atoms with Crippen LogP contribution in [0.5, 0.6) is 0 Å². The zero-order chi connectivity index (χ0) is 20.8. The van der Waals surface area contributed by atoms with Crippen molar-refractivity contribution in [3.63, 3.8) is 0 Å². The van der Waals surface area contributed by atoms with Crippen molar-refractivity contribution < 1.29 is 8.78 Å². The summed E-state index contributed by atoms with van der Waals surface area (Å²) in [4.78, 5) is 11.5. The molecule has 0 radical (unpaired) electrons. The van der Waals surface area contributed by atoms with Gasteiger partial charge in [0.15, 0.2) is 5.96 Å². The van der Waals surface area contributed by atoms with Crippen molar-refractivity contribution >= 4 is 5.96 Å². The topological polar surface area (TPSA) is 34.1 Å². The van der Waals surface area contributed by atoms with E-state index in [1.807, 2.05) is 7.05 Å². The maximum Gasteiger partial charge on any atom is 0.193 e. The van der Waals surface area contributed by atoms with Gasteiger partial charge in [0.1, 0.15) is 11.6 Å². The number of guanidine groups is 1. The summed E-state index contributed by atoms with van der Waals surface area (Å²) in [5.41, 5.74) is 0.589. The van der Waals surface area contributed by atoms with Crippen molar-refractivity contribution in [2.45, 2.75) is 32.2 Å². The van der Waals surface area contributed by atoms with Gasteiger partial charge in [-0.3, -0.25) is 9.89 Å². The molecular formula is C22H35F2N5. The van der Waals surface area contributed by atoms with Gasteiger partial charge in [-0.05, 0) is 44.8 Å². The minimum atomic E-state index is -0.523. The van der Waals surface area contributed by atoms with E-state index in [-0.39, 0.29) is 6.04 Å². The lowest BCUT2D eigenvalue weighted by molar-refractivity contribution is 0.124. The maximum atomic E-state index is 14.3. The van der Waals surface area contributed by atoms with E-state index in [1.165, 1.54) is 25.5 Å². The van der Waals surface area contributed by atoms with Gasteiger partial charge in [-0.25, -0.2) is 8.78 Å². The predicted molar refractivity (Wildman–Crippen MR) is 114 cm³/mol. The standard InChI is InChI=1S/C22H35F2N5/c1-4-21(19-8-7-18(23)14-20(19)24)28-10-12-29(13-11-28)22(25-2)26-15-17-6-5-9-27(3)16-17/h7-8,14,17,21H,4-6,9-13,15-16H2,1-3H3,(H,25,26). The minimum absolute atomic E-state index is 0.0227. The van der Waals surface area contributed by atoms with Gasteiger partial charge in [0, 0.05) is 64.0 Å². The molecular weight excluding hydrogens is 372 g/mol. The zero-order valence-corrected chi connectivity index (χ0v) is 18.0. The molecule has 0 aromatic heterocycles. The second kappa shape index (κ2) is 10.3. The fraction of sp³-hybridized carbons (Fsp3) is 0.682. The van der Waals surface area contributed by atoms with Crippen molar-refractivity contribution in [3.05, 3.63) is 35.4 Å². The molecule has 2 fully saturated rings. The maximum absolute atomic E-state index is 14.3. The summed E-state index contributed by atoms with van der Waals surface area (Å²) < 4.78 is 27.6. The number of rotatable bonds is 5. The quantitative estimate of drug-likeness (QED) is 0.601. The molecule has 5 nitrogen and oxygen atoms in total. The third-order valence-corrected chi connectivity index (χ3v) is 6.25. The van der Waals surface area contributed by atoms with Gasteiger partial charge >= 0.3 is 0 Å². The van der Waals surface area contributed by atoms with Crippen LogP contribution in [0, 0.1) is 17.6 Å². The fourth-order valence-corrected chi connectivity index (χ4v) is 4.70. The second-order valence-electron chi connectivity index (χ2n) is 8.31. The van der Waals surface area contributed by atoms with Crippen LogP contribution in [0.4, 0.5) is 8.78 Å². The van der Waals surface area contributed by atoms with Crippen molar-refractivity contribution in [2.75, 3.05) is 59.9 Å². The molecule has 2 saturated heterocycles. The summed E-state index contributed by atoms with van der Waals surface area (Å²) in [6.07, 6.45) is 3.33. The van der Waals surface area contributed by atoms with Crippen LogP contribution >= 0.6 is 0 Å². The Hall–Kier alpha value is -1.73. The fourth-order valence-electron chi connectivity index (χ4n) is 4.70. The lowest BCUT2D eigenvalue weighted by Crippen LogP contribution is -2.54. The molecule has 162 valence electrons. The van der Waals surface area contributed by atoms with E-state index in [2.05, 4.69) is 39.0 Å². The summed E-state index contributed by atoms with van der Waals surface area (Å²) in [6.45, 7) is 8.72. The zero-order valence-electron chi connectivity index (χ0n) is 18.0. The van der Waals surface area contributed by atoms with Crippen LogP contribution in [-0.4, -0.2) is 80.6 Å². The molecule has 1 aromatic rings. The van der Waals surface area contributed by atoms with Gasteiger partial charge in [-0.2, -0.15) is 0 Å². The van der Waals surface area contributed by atoms with E-state index in [9.17, 15) is 8.78 Å². The van der Waals surface area contributed by atoms with Gasteiger partial charge < -0.3 is 15.1 Å². The van der Waals surface area contributed by atoms with Crippen molar-refractivity contribution in [3.8, 4) is 0 Å². The number of piperidine rings is 1.